The number of hydrogen-bond donors (Lipinski definition) is 1. The topological polar surface area (TPSA) is 85.2 Å². The van der Waals surface area contributed by atoms with Crippen LogP contribution in [-0.4, -0.2) is 57.9 Å². The second-order valence-electron chi connectivity index (χ2n) is 6.40. The summed E-state index contributed by atoms with van der Waals surface area (Å²) in [5.41, 5.74) is 2.07. The summed E-state index contributed by atoms with van der Waals surface area (Å²) in [7, 11) is 1.56. The van der Waals surface area contributed by atoms with E-state index in [0.29, 0.717) is 18.9 Å². The zero-order valence-corrected chi connectivity index (χ0v) is 15.4. The van der Waals surface area contributed by atoms with Crippen LogP contribution in [-0.2, 0) is 22.6 Å². The molecule has 1 N–H and O–H groups in total. The molecule has 1 aromatic heterocycles. The molecule has 8 nitrogen and oxygen atoms in total. The minimum absolute atomic E-state index is 0.0610. The number of aryl methyl sites for hydroxylation is 1. The maximum atomic E-state index is 12.6. The van der Waals surface area contributed by atoms with Crippen LogP contribution in [0, 0.1) is 5.92 Å². The predicted octanol–water partition coefficient (Wildman–Crippen LogP) is 1.29. The van der Waals surface area contributed by atoms with Gasteiger partial charge in [0.15, 0.2) is 0 Å². The molecule has 1 aliphatic rings. The van der Waals surface area contributed by atoms with Crippen molar-refractivity contribution in [1.29, 1.82) is 0 Å². The van der Waals surface area contributed by atoms with Gasteiger partial charge >= 0.3 is 0 Å². The van der Waals surface area contributed by atoms with Crippen molar-refractivity contribution in [1.82, 2.24) is 30.6 Å². The van der Waals surface area contributed by atoms with Crippen LogP contribution in [0.1, 0.15) is 25.3 Å². The molecule has 1 aromatic carbocycles. The summed E-state index contributed by atoms with van der Waals surface area (Å²) in [6.45, 7) is 5.01. The summed E-state index contributed by atoms with van der Waals surface area (Å²) < 4.78 is 0. The van der Waals surface area contributed by atoms with Crippen molar-refractivity contribution in [2.45, 2.75) is 32.7 Å². The van der Waals surface area contributed by atoms with Crippen molar-refractivity contribution in [3.8, 4) is 11.4 Å². The fourth-order valence-corrected chi connectivity index (χ4v) is 3.11. The molecule has 0 radical (unpaired) electrons. The maximum Gasteiger partial charge on any atom is 0.249 e. The van der Waals surface area contributed by atoms with E-state index in [2.05, 4.69) is 20.7 Å². The molecule has 0 unspecified atom stereocenters. The standard InChI is InChI=1S/C18H26N6O2/c1-3-24-21-17(20-22-24)15-6-4-14(5-7-15)10-13-23(26-2)18(25)16-8-11-19-12-9-16/h4-7,16,19H,3,8-13H2,1-2H3. The summed E-state index contributed by atoms with van der Waals surface area (Å²) in [5.74, 6) is 0.773. The van der Waals surface area contributed by atoms with E-state index < -0.39 is 0 Å². The van der Waals surface area contributed by atoms with Crippen LogP contribution in [0.2, 0.25) is 0 Å². The van der Waals surface area contributed by atoms with Crippen molar-refractivity contribution in [2.75, 3.05) is 26.7 Å². The van der Waals surface area contributed by atoms with Crippen molar-refractivity contribution >= 4 is 5.91 Å². The van der Waals surface area contributed by atoms with E-state index >= 15 is 0 Å². The molecule has 1 saturated heterocycles. The summed E-state index contributed by atoms with van der Waals surface area (Å²) >= 11 is 0. The zero-order valence-electron chi connectivity index (χ0n) is 15.4. The van der Waals surface area contributed by atoms with Gasteiger partial charge in [0, 0.05) is 11.5 Å². The van der Waals surface area contributed by atoms with E-state index in [1.165, 1.54) is 5.06 Å². The van der Waals surface area contributed by atoms with Crippen LogP contribution in [0.25, 0.3) is 11.4 Å². The Balaban J connectivity index is 1.56. The number of piperidine rings is 1. The largest absolute Gasteiger partial charge is 0.317 e. The quantitative estimate of drug-likeness (QED) is 0.751. The fourth-order valence-electron chi connectivity index (χ4n) is 3.11. The normalized spacial score (nSPS) is 15.2. The Morgan fingerprint density at radius 1 is 1.31 bits per heavy atom. The van der Waals surface area contributed by atoms with E-state index in [0.717, 1.165) is 43.5 Å². The van der Waals surface area contributed by atoms with Gasteiger partial charge in [-0.1, -0.05) is 24.3 Å². The number of carbonyl (C=O) groups excluding carboxylic acids is 1. The first kappa shape index (κ1) is 18.5. The van der Waals surface area contributed by atoms with Gasteiger partial charge < -0.3 is 5.32 Å². The summed E-state index contributed by atoms with van der Waals surface area (Å²) in [5, 5.41) is 17.1. The third-order valence-electron chi connectivity index (χ3n) is 4.71. The lowest BCUT2D eigenvalue weighted by molar-refractivity contribution is -0.181. The lowest BCUT2D eigenvalue weighted by Gasteiger charge is -2.27. The highest BCUT2D eigenvalue weighted by Crippen LogP contribution is 2.17. The van der Waals surface area contributed by atoms with Crippen molar-refractivity contribution in [3.05, 3.63) is 29.8 Å². The molecule has 1 aliphatic heterocycles. The Hall–Kier alpha value is -2.32. The Bertz CT molecular complexity index is 709. The molecule has 3 rings (SSSR count). The van der Waals surface area contributed by atoms with Crippen LogP contribution < -0.4 is 5.32 Å². The van der Waals surface area contributed by atoms with E-state index in [4.69, 9.17) is 4.84 Å². The van der Waals surface area contributed by atoms with Gasteiger partial charge in [0.1, 0.15) is 0 Å². The third-order valence-corrected chi connectivity index (χ3v) is 4.71. The zero-order chi connectivity index (χ0) is 18.4. The number of rotatable bonds is 7. The Kier molecular flexibility index (Phi) is 6.30. The molecule has 26 heavy (non-hydrogen) atoms. The number of amides is 1. The van der Waals surface area contributed by atoms with Gasteiger partial charge in [-0.2, -0.15) is 4.80 Å². The molecule has 140 valence electrons. The molecule has 2 aromatic rings. The lowest BCUT2D eigenvalue weighted by atomic mass is 9.97. The Morgan fingerprint density at radius 3 is 2.65 bits per heavy atom. The van der Waals surface area contributed by atoms with Gasteiger partial charge in [-0.15, -0.1) is 10.2 Å². The van der Waals surface area contributed by atoms with Gasteiger partial charge in [0.2, 0.25) is 11.7 Å². The summed E-state index contributed by atoms with van der Waals surface area (Å²) in [6.07, 6.45) is 2.48. The van der Waals surface area contributed by atoms with E-state index in [9.17, 15) is 4.79 Å². The van der Waals surface area contributed by atoms with Crippen LogP contribution in [0.3, 0.4) is 0 Å². The minimum atomic E-state index is 0.0610. The van der Waals surface area contributed by atoms with Gasteiger partial charge in [0.25, 0.3) is 0 Å². The fraction of sp³-hybridized carbons (Fsp3) is 0.556. The molecule has 0 atom stereocenters. The number of tetrazole rings is 1. The highest BCUT2D eigenvalue weighted by molar-refractivity contribution is 5.78. The molecule has 2 heterocycles. The molecule has 1 amide bonds. The van der Waals surface area contributed by atoms with Crippen molar-refractivity contribution in [3.63, 3.8) is 0 Å². The average molecular weight is 358 g/mol. The highest BCUT2D eigenvalue weighted by atomic mass is 16.7. The highest BCUT2D eigenvalue weighted by Gasteiger charge is 2.26. The number of nitrogens with zero attached hydrogens (tertiary/aromatic N) is 5. The molecule has 1 fully saturated rings. The van der Waals surface area contributed by atoms with E-state index in [-0.39, 0.29) is 11.8 Å². The van der Waals surface area contributed by atoms with E-state index in [1.54, 1.807) is 11.9 Å². The second kappa shape index (κ2) is 8.86. The molecule has 0 saturated carbocycles. The van der Waals surface area contributed by atoms with Crippen LogP contribution in [0.5, 0.6) is 0 Å². The van der Waals surface area contributed by atoms with E-state index in [1.807, 2.05) is 31.2 Å². The van der Waals surface area contributed by atoms with Gasteiger partial charge in [-0.05, 0) is 50.1 Å². The first-order valence-electron chi connectivity index (χ1n) is 9.14. The number of nitrogens with one attached hydrogen (secondary N) is 1. The molecule has 0 bridgehead atoms. The van der Waals surface area contributed by atoms with Crippen molar-refractivity contribution in [2.24, 2.45) is 5.92 Å². The number of hydrogen-bond acceptors (Lipinski definition) is 6. The van der Waals surface area contributed by atoms with Crippen LogP contribution >= 0.6 is 0 Å². The summed E-state index contributed by atoms with van der Waals surface area (Å²) in [6, 6.07) is 8.03. The number of hydroxylamine groups is 2. The van der Waals surface area contributed by atoms with Gasteiger partial charge in [-0.25, -0.2) is 5.06 Å². The number of benzene rings is 1. The maximum absolute atomic E-state index is 12.6. The molecule has 0 spiro atoms. The van der Waals surface area contributed by atoms with Gasteiger partial charge in [0.05, 0.1) is 20.2 Å². The van der Waals surface area contributed by atoms with Crippen LogP contribution in [0.4, 0.5) is 0 Å². The lowest BCUT2D eigenvalue weighted by Crippen LogP contribution is -2.41. The second-order valence-corrected chi connectivity index (χ2v) is 6.40. The van der Waals surface area contributed by atoms with Crippen LogP contribution in [0.15, 0.2) is 24.3 Å². The smallest absolute Gasteiger partial charge is 0.249 e. The first-order chi connectivity index (χ1) is 12.7. The molecule has 0 aliphatic carbocycles. The number of carbonyl (C=O) groups is 1. The average Bonchev–Trinajstić information content (AvgIpc) is 3.19. The minimum Gasteiger partial charge on any atom is -0.317 e. The predicted molar refractivity (Wildman–Crippen MR) is 96.9 cm³/mol. The summed E-state index contributed by atoms with van der Waals surface area (Å²) in [4.78, 5) is 19.5. The SMILES string of the molecule is CCn1nnc(-c2ccc(CCN(OC)C(=O)C3CCNCC3)cc2)n1. The molecular formula is C18H26N6O2. The Morgan fingerprint density at radius 2 is 2.04 bits per heavy atom. The Labute approximate surface area is 153 Å². The third kappa shape index (κ3) is 4.44. The van der Waals surface area contributed by atoms with Gasteiger partial charge in [-0.3, -0.25) is 9.63 Å². The monoisotopic (exact) mass is 358 g/mol. The first-order valence-corrected chi connectivity index (χ1v) is 9.14. The number of aromatic nitrogens is 4. The molecule has 8 heteroatoms. The molecular weight excluding hydrogens is 332 g/mol. The van der Waals surface area contributed by atoms with Crippen molar-refractivity contribution < 1.29 is 9.63 Å².